The van der Waals surface area contributed by atoms with E-state index < -0.39 is 0 Å². The van der Waals surface area contributed by atoms with Crippen molar-refractivity contribution in [2.24, 2.45) is 0 Å². The molecule has 1 aromatic rings. The second kappa shape index (κ2) is 8.51. The zero-order valence-corrected chi connectivity index (χ0v) is 11.6. The van der Waals surface area contributed by atoms with Gasteiger partial charge in [-0.25, -0.2) is 0 Å². The molecule has 0 saturated heterocycles. The molecule has 1 aromatic carbocycles. The maximum Gasteiger partial charge on any atom is 0.0480 e. The molecule has 0 aliphatic carbocycles. The van der Waals surface area contributed by atoms with Crippen molar-refractivity contribution in [1.82, 2.24) is 10.6 Å². The van der Waals surface area contributed by atoms with Crippen LogP contribution in [-0.2, 0) is 6.54 Å². The molecule has 0 aliphatic rings. The van der Waals surface area contributed by atoms with Crippen LogP contribution in [0.1, 0.15) is 30.9 Å². The van der Waals surface area contributed by atoms with E-state index in [4.69, 9.17) is 11.6 Å². The van der Waals surface area contributed by atoms with Crippen molar-refractivity contribution < 1.29 is 0 Å². The first-order valence-corrected chi connectivity index (χ1v) is 6.79. The van der Waals surface area contributed by atoms with Gasteiger partial charge in [0, 0.05) is 11.6 Å². The third-order valence-corrected chi connectivity index (χ3v) is 3.26. The van der Waals surface area contributed by atoms with Crippen molar-refractivity contribution in [3.63, 3.8) is 0 Å². The smallest absolute Gasteiger partial charge is 0.0480 e. The molecule has 0 fully saturated rings. The molecule has 0 saturated carbocycles. The Hall–Kier alpha value is -0.570. The Bertz CT molecular complexity index is 326. The highest BCUT2D eigenvalue weighted by atomic mass is 35.5. The molecule has 2 nitrogen and oxygen atoms in total. The number of halogens is 1. The Kier molecular flexibility index (Phi) is 7.25. The average Bonchev–Trinajstić information content (AvgIpc) is 2.33. The second-order valence-electron chi connectivity index (χ2n) is 4.33. The van der Waals surface area contributed by atoms with Crippen molar-refractivity contribution in [2.45, 2.75) is 33.2 Å². The van der Waals surface area contributed by atoms with E-state index in [0.717, 1.165) is 43.2 Å². The predicted octanol–water partition coefficient (Wildman–Crippen LogP) is 3.13. The molecule has 0 aromatic heterocycles. The molecule has 0 amide bonds. The summed E-state index contributed by atoms with van der Waals surface area (Å²) in [4.78, 5) is 0. The summed E-state index contributed by atoms with van der Waals surface area (Å²) < 4.78 is 0. The zero-order chi connectivity index (χ0) is 12.5. The molecule has 96 valence electrons. The summed E-state index contributed by atoms with van der Waals surface area (Å²) in [5, 5.41) is 7.70. The number of hydrogen-bond donors (Lipinski definition) is 2. The molecule has 0 bridgehead atoms. The van der Waals surface area contributed by atoms with E-state index in [1.54, 1.807) is 0 Å². The minimum atomic E-state index is 0.855. The normalized spacial score (nSPS) is 10.8. The van der Waals surface area contributed by atoms with Gasteiger partial charge in [-0.3, -0.25) is 0 Å². The average molecular weight is 255 g/mol. The van der Waals surface area contributed by atoms with Gasteiger partial charge in [0.1, 0.15) is 0 Å². The highest BCUT2D eigenvalue weighted by Gasteiger charge is 2.01. The molecule has 0 radical (unpaired) electrons. The maximum atomic E-state index is 6.22. The summed E-state index contributed by atoms with van der Waals surface area (Å²) in [6.07, 6.45) is 2.36. The fourth-order valence-corrected chi connectivity index (χ4v) is 1.90. The molecular formula is C14H23ClN2. The number of aryl methyl sites for hydroxylation is 1. The highest BCUT2D eigenvalue weighted by Crippen LogP contribution is 2.19. The Morgan fingerprint density at radius 1 is 1.12 bits per heavy atom. The lowest BCUT2D eigenvalue weighted by molar-refractivity contribution is 0.592. The topological polar surface area (TPSA) is 24.1 Å². The maximum absolute atomic E-state index is 6.22. The summed E-state index contributed by atoms with van der Waals surface area (Å²) in [5.74, 6) is 0. The van der Waals surface area contributed by atoms with Gasteiger partial charge in [-0.2, -0.15) is 0 Å². The van der Waals surface area contributed by atoms with E-state index in [1.165, 1.54) is 12.0 Å². The van der Waals surface area contributed by atoms with E-state index in [1.807, 2.05) is 13.0 Å². The van der Waals surface area contributed by atoms with Gasteiger partial charge in [0.25, 0.3) is 0 Å². The Labute approximate surface area is 110 Å². The lowest BCUT2D eigenvalue weighted by atomic mass is 10.1. The SMILES string of the molecule is CCCNCCCNCc1cccc(C)c1Cl. The summed E-state index contributed by atoms with van der Waals surface area (Å²) in [7, 11) is 0. The fraction of sp³-hybridized carbons (Fsp3) is 0.571. The van der Waals surface area contributed by atoms with Gasteiger partial charge in [-0.15, -0.1) is 0 Å². The molecule has 0 heterocycles. The van der Waals surface area contributed by atoms with E-state index >= 15 is 0 Å². The van der Waals surface area contributed by atoms with Gasteiger partial charge in [-0.1, -0.05) is 36.7 Å². The molecule has 0 unspecified atom stereocenters. The van der Waals surface area contributed by atoms with E-state index in [9.17, 15) is 0 Å². The van der Waals surface area contributed by atoms with Crippen molar-refractivity contribution in [2.75, 3.05) is 19.6 Å². The largest absolute Gasteiger partial charge is 0.317 e. The van der Waals surface area contributed by atoms with Gasteiger partial charge in [0.15, 0.2) is 0 Å². The van der Waals surface area contributed by atoms with Gasteiger partial charge < -0.3 is 10.6 Å². The number of hydrogen-bond acceptors (Lipinski definition) is 2. The molecule has 0 aliphatic heterocycles. The molecular weight excluding hydrogens is 232 g/mol. The Morgan fingerprint density at radius 2 is 1.88 bits per heavy atom. The second-order valence-corrected chi connectivity index (χ2v) is 4.71. The molecule has 0 atom stereocenters. The van der Waals surface area contributed by atoms with Crippen molar-refractivity contribution in [3.8, 4) is 0 Å². The lowest BCUT2D eigenvalue weighted by Gasteiger charge is -2.08. The summed E-state index contributed by atoms with van der Waals surface area (Å²) >= 11 is 6.22. The number of nitrogens with one attached hydrogen (secondary N) is 2. The van der Waals surface area contributed by atoms with Crippen molar-refractivity contribution in [3.05, 3.63) is 34.3 Å². The van der Waals surface area contributed by atoms with Gasteiger partial charge in [-0.05, 0) is 50.5 Å². The molecule has 3 heteroatoms. The number of rotatable bonds is 8. The van der Waals surface area contributed by atoms with Crippen molar-refractivity contribution >= 4 is 11.6 Å². The predicted molar refractivity (Wildman–Crippen MR) is 75.7 cm³/mol. The van der Waals surface area contributed by atoms with Crippen LogP contribution in [-0.4, -0.2) is 19.6 Å². The highest BCUT2D eigenvalue weighted by molar-refractivity contribution is 6.32. The third kappa shape index (κ3) is 5.53. The van der Waals surface area contributed by atoms with Crippen LogP contribution in [0.3, 0.4) is 0 Å². The minimum absolute atomic E-state index is 0.855. The van der Waals surface area contributed by atoms with E-state index in [0.29, 0.717) is 0 Å². The molecule has 1 rings (SSSR count). The Morgan fingerprint density at radius 3 is 2.65 bits per heavy atom. The zero-order valence-electron chi connectivity index (χ0n) is 10.9. The van der Waals surface area contributed by atoms with Crippen LogP contribution >= 0.6 is 11.6 Å². The summed E-state index contributed by atoms with van der Waals surface area (Å²) in [6, 6.07) is 6.18. The first kappa shape index (κ1) is 14.5. The van der Waals surface area contributed by atoms with Crippen LogP contribution in [0.4, 0.5) is 0 Å². The quantitative estimate of drug-likeness (QED) is 0.697. The fourth-order valence-electron chi connectivity index (χ4n) is 1.71. The van der Waals surface area contributed by atoms with Crippen LogP contribution < -0.4 is 10.6 Å². The standard InChI is InChI=1S/C14H23ClN2/c1-3-8-16-9-5-10-17-11-13-7-4-6-12(2)14(13)15/h4,6-7,16-17H,3,5,8-11H2,1-2H3. The van der Waals surface area contributed by atoms with Gasteiger partial charge in [0.2, 0.25) is 0 Å². The molecule has 0 spiro atoms. The first-order chi connectivity index (χ1) is 8.25. The number of benzene rings is 1. The van der Waals surface area contributed by atoms with Crippen molar-refractivity contribution in [1.29, 1.82) is 0 Å². The van der Waals surface area contributed by atoms with Crippen LogP contribution in [0.5, 0.6) is 0 Å². The molecule has 2 N–H and O–H groups in total. The summed E-state index contributed by atoms with van der Waals surface area (Å²) in [5.41, 5.74) is 2.34. The summed E-state index contributed by atoms with van der Waals surface area (Å²) in [6.45, 7) is 8.31. The minimum Gasteiger partial charge on any atom is -0.317 e. The van der Waals surface area contributed by atoms with Crippen LogP contribution in [0.15, 0.2) is 18.2 Å². The van der Waals surface area contributed by atoms with Crippen LogP contribution in [0.25, 0.3) is 0 Å². The van der Waals surface area contributed by atoms with Crippen LogP contribution in [0, 0.1) is 6.92 Å². The molecule has 17 heavy (non-hydrogen) atoms. The lowest BCUT2D eigenvalue weighted by Crippen LogP contribution is -2.22. The van der Waals surface area contributed by atoms with Gasteiger partial charge in [0.05, 0.1) is 0 Å². The third-order valence-electron chi connectivity index (χ3n) is 2.72. The van der Waals surface area contributed by atoms with E-state index in [-0.39, 0.29) is 0 Å². The van der Waals surface area contributed by atoms with E-state index in [2.05, 4.69) is 29.7 Å². The Balaban J connectivity index is 2.16. The van der Waals surface area contributed by atoms with Gasteiger partial charge >= 0.3 is 0 Å². The monoisotopic (exact) mass is 254 g/mol. The van der Waals surface area contributed by atoms with Crippen LogP contribution in [0.2, 0.25) is 5.02 Å². The first-order valence-electron chi connectivity index (χ1n) is 6.41.